The van der Waals surface area contributed by atoms with Crippen molar-refractivity contribution in [2.45, 2.75) is 19.6 Å². The van der Waals surface area contributed by atoms with Crippen molar-refractivity contribution in [2.75, 3.05) is 14.2 Å². The van der Waals surface area contributed by atoms with Crippen LogP contribution in [0.25, 0.3) is 0 Å². The van der Waals surface area contributed by atoms with Crippen LogP contribution in [0.3, 0.4) is 0 Å². The highest BCUT2D eigenvalue weighted by Crippen LogP contribution is 2.07. The highest BCUT2D eigenvalue weighted by atomic mass is 28.3. The molecule has 3 heteroatoms. The van der Waals surface area contributed by atoms with Crippen LogP contribution < -0.4 is 0 Å². The lowest BCUT2D eigenvalue weighted by molar-refractivity contribution is 0.0962. The second kappa shape index (κ2) is 3.66. The molecular weight excluding hydrogens is 144 g/mol. The van der Waals surface area contributed by atoms with Crippen molar-refractivity contribution in [1.82, 2.24) is 0 Å². The van der Waals surface area contributed by atoms with Gasteiger partial charge in [0.15, 0.2) is 0 Å². The van der Waals surface area contributed by atoms with Crippen LogP contribution in [0, 0.1) is 0 Å². The van der Waals surface area contributed by atoms with Gasteiger partial charge in [-0.3, -0.25) is 0 Å². The Morgan fingerprint density at radius 2 is 1.50 bits per heavy atom. The standard InChI is InChI=1S/C7H16O2Si/c1-8-7(9-2)6-10(3,4)5/h6H,1-5H3. The van der Waals surface area contributed by atoms with Crippen molar-refractivity contribution in [3.63, 3.8) is 0 Å². The Balaban J connectivity index is 4.11. The van der Waals surface area contributed by atoms with Crippen molar-refractivity contribution < 1.29 is 9.47 Å². The maximum absolute atomic E-state index is 4.95. The number of hydrogen-bond acceptors (Lipinski definition) is 2. The molecule has 0 radical (unpaired) electrons. The molecule has 2 nitrogen and oxygen atoms in total. The predicted octanol–water partition coefficient (Wildman–Crippen LogP) is 2.00. The summed E-state index contributed by atoms with van der Waals surface area (Å²) in [5.74, 6) is 0.638. The molecule has 0 aromatic rings. The Morgan fingerprint density at radius 3 is 1.60 bits per heavy atom. The van der Waals surface area contributed by atoms with Crippen LogP contribution in [0.1, 0.15) is 0 Å². The van der Waals surface area contributed by atoms with E-state index in [4.69, 9.17) is 9.47 Å². The molecule has 0 saturated carbocycles. The molecule has 60 valence electrons. The topological polar surface area (TPSA) is 18.5 Å². The van der Waals surface area contributed by atoms with Crippen molar-refractivity contribution in [3.05, 3.63) is 11.6 Å². The first-order valence-electron chi connectivity index (χ1n) is 3.30. The van der Waals surface area contributed by atoms with Gasteiger partial charge in [0.1, 0.15) is 0 Å². The minimum Gasteiger partial charge on any atom is -0.469 e. The summed E-state index contributed by atoms with van der Waals surface area (Å²) in [6.07, 6.45) is 0. The maximum Gasteiger partial charge on any atom is 0.270 e. The summed E-state index contributed by atoms with van der Waals surface area (Å²) >= 11 is 0. The zero-order chi connectivity index (χ0) is 8.20. The summed E-state index contributed by atoms with van der Waals surface area (Å²) in [6.45, 7) is 6.68. The quantitative estimate of drug-likeness (QED) is 0.464. The van der Waals surface area contributed by atoms with Crippen molar-refractivity contribution in [1.29, 1.82) is 0 Å². The Labute approximate surface area is 63.8 Å². The fourth-order valence-corrected chi connectivity index (χ4v) is 1.50. The van der Waals surface area contributed by atoms with Crippen molar-refractivity contribution >= 4 is 8.07 Å². The second-order valence-corrected chi connectivity index (χ2v) is 8.26. The van der Waals surface area contributed by atoms with E-state index in [9.17, 15) is 0 Å². The predicted molar refractivity (Wildman–Crippen MR) is 45.4 cm³/mol. The van der Waals surface area contributed by atoms with Gasteiger partial charge in [-0.15, -0.1) is 0 Å². The Hall–Kier alpha value is -0.443. The first-order chi connectivity index (χ1) is 4.49. The first kappa shape index (κ1) is 9.56. The number of hydrogen-bond donors (Lipinski definition) is 0. The third-order valence-corrected chi connectivity index (χ3v) is 2.05. The molecule has 0 unspecified atom stereocenters. The van der Waals surface area contributed by atoms with E-state index < -0.39 is 8.07 Å². The lowest BCUT2D eigenvalue weighted by Crippen LogP contribution is -2.17. The van der Waals surface area contributed by atoms with E-state index in [1.165, 1.54) is 0 Å². The number of ether oxygens (including phenoxy) is 2. The van der Waals surface area contributed by atoms with Crippen molar-refractivity contribution in [3.8, 4) is 0 Å². The van der Waals surface area contributed by atoms with Gasteiger partial charge >= 0.3 is 0 Å². The third-order valence-electron chi connectivity index (χ3n) is 0.953. The summed E-state index contributed by atoms with van der Waals surface area (Å²) in [4.78, 5) is 0. The minimum absolute atomic E-state index is 0.638. The van der Waals surface area contributed by atoms with Crippen LogP contribution in [0.15, 0.2) is 11.6 Å². The largest absolute Gasteiger partial charge is 0.469 e. The summed E-state index contributed by atoms with van der Waals surface area (Å²) in [6, 6.07) is 0. The Morgan fingerprint density at radius 1 is 1.10 bits per heavy atom. The van der Waals surface area contributed by atoms with Crippen LogP contribution in [0.5, 0.6) is 0 Å². The summed E-state index contributed by atoms with van der Waals surface area (Å²) < 4.78 is 9.90. The highest BCUT2D eigenvalue weighted by Gasteiger charge is 2.11. The van der Waals surface area contributed by atoms with E-state index >= 15 is 0 Å². The molecule has 0 N–H and O–H groups in total. The molecule has 0 amide bonds. The Bertz CT molecular complexity index is 118. The van der Waals surface area contributed by atoms with Crippen LogP contribution >= 0.6 is 0 Å². The second-order valence-electron chi connectivity index (χ2n) is 3.24. The molecule has 0 aromatic carbocycles. The van der Waals surface area contributed by atoms with Gasteiger partial charge in [0.05, 0.1) is 22.3 Å². The van der Waals surface area contributed by atoms with Crippen LogP contribution in [-0.2, 0) is 9.47 Å². The molecular formula is C7H16O2Si. The Kier molecular flexibility index (Phi) is 3.50. The maximum atomic E-state index is 4.95. The molecule has 0 bridgehead atoms. The molecule has 10 heavy (non-hydrogen) atoms. The number of methoxy groups -OCH3 is 2. The summed E-state index contributed by atoms with van der Waals surface area (Å²) in [7, 11) is 2.07. The van der Waals surface area contributed by atoms with Gasteiger partial charge in [-0.05, 0) is 5.70 Å². The normalized spacial score (nSPS) is 10.5. The zero-order valence-corrected chi connectivity index (χ0v) is 8.39. The van der Waals surface area contributed by atoms with Crippen LogP contribution in [-0.4, -0.2) is 22.3 Å². The molecule has 0 aliphatic rings. The molecule has 0 aliphatic carbocycles. The molecule has 0 spiro atoms. The van der Waals surface area contributed by atoms with E-state index in [1.807, 2.05) is 0 Å². The molecule has 0 aromatic heterocycles. The average molecular weight is 160 g/mol. The molecule has 0 saturated heterocycles. The smallest absolute Gasteiger partial charge is 0.270 e. The van der Waals surface area contributed by atoms with Gasteiger partial charge in [0, 0.05) is 0 Å². The summed E-state index contributed by atoms with van der Waals surface area (Å²) in [5.41, 5.74) is 2.08. The van der Waals surface area contributed by atoms with E-state index in [-0.39, 0.29) is 0 Å². The zero-order valence-electron chi connectivity index (χ0n) is 7.39. The lowest BCUT2D eigenvalue weighted by atomic mass is 11.0. The van der Waals surface area contributed by atoms with Gasteiger partial charge in [0.2, 0.25) is 0 Å². The van der Waals surface area contributed by atoms with Gasteiger partial charge in [-0.25, -0.2) is 0 Å². The monoisotopic (exact) mass is 160 g/mol. The fraction of sp³-hybridized carbons (Fsp3) is 0.714. The van der Waals surface area contributed by atoms with Gasteiger partial charge in [-0.2, -0.15) is 0 Å². The SMILES string of the molecule is COC(=C[Si](C)(C)C)OC. The minimum atomic E-state index is -1.17. The molecule has 0 atom stereocenters. The summed E-state index contributed by atoms with van der Waals surface area (Å²) in [5, 5.41) is 0. The van der Waals surface area contributed by atoms with Gasteiger partial charge in [-0.1, -0.05) is 19.6 Å². The number of rotatable bonds is 3. The molecule has 0 heterocycles. The third kappa shape index (κ3) is 4.44. The molecule has 0 fully saturated rings. The molecule has 0 rings (SSSR count). The van der Waals surface area contributed by atoms with Crippen LogP contribution in [0.4, 0.5) is 0 Å². The highest BCUT2D eigenvalue weighted by molar-refractivity contribution is 6.81. The van der Waals surface area contributed by atoms with Crippen LogP contribution in [0.2, 0.25) is 19.6 Å². The van der Waals surface area contributed by atoms with E-state index in [0.717, 1.165) is 0 Å². The lowest BCUT2D eigenvalue weighted by Gasteiger charge is -2.11. The van der Waals surface area contributed by atoms with E-state index in [1.54, 1.807) is 14.2 Å². The van der Waals surface area contributed by atoms with Gasteiger partial charge in [0.25, 0.3) is 5.95 Å². The average Bonchev–Trinajstić information content (AvgIpc) is 1.81. The molecule has 0 aliphatic heterocycles. The first-order valence-corrected chi connectivity index (χ1v) is 6.88. The van der Waals surface area contributed by atoms with Gasteiger partial charge < -0.3 is 9.47 Å². The van der Waals surface area contributed by atoms with E-state index in [0.29, 0.717) is 5.95 Å². The van der Waals surface area contributed by atoms with Crippen molar-refractivity contribution in [2.24, 2.45) is 0 Å². The van der Waals surface area contributed by atoms with E-state index in [2.05, 4.69) is 25.3 Å². The fourth-order valence-electron chi connectivity index (χ4n) is 0.555.